The summed E-state index contributed by atoms with van der Waals surface area (Å²) in [6, 6.07) is 8.03. The third-order valence-electron chi connectivity index (χ3n) is 4.06. The van der Waals surface area contributed by atoms with Crippen LogP contribution in [0.15, 0.2) is 47.6 Å². The second-order valence-electron chi connectivity index (χ2n) is 6.41. The molecule has 8 nitrogen and oxygen atoms in total. The number of sulfone groups is 1. The number of hydrogen-bond acceptors (Lipinski definition) is 8. The van der Waals surface area contributed by atoms with Gasteiger partial charge in [0.25, 0.3) is 0 Å². The number of Topliss-reactive ketones (excluding diaryl/α,β-unsaturated/α-hetero) is 1. The Labute approximate surface area is 173 Å². The van der Waals surface area contributed by atoms with Crippen LogP contribution < -0.4 is 5.32 Å². The molecule has 0 aliphatic carbocycles. The van der Waals surface area contributed by atoms with Crippen LogP contribution in [0, 0.1) is 6.92 Å². The predicted molar refractivity (Wildman–Crippen MR) is 109 cm³/mol. The minimum atomic E-state index is -3.61. The molecule has 9 heteroatoms. The van der Waals surface area contributed by atoms with Gasteiger partial charge in [-0.25, -0.2) is 13.4 Å². The summed E-state index contributed by atoms with van der Waals surface area (Å²) in [7, 11) is -3.61. The van der Waals surface area contributed by atoms with E-state index in [1.54, 1.807) is 12.1 Å². The highest BCUT2D eigenvalue weighted by atomic mass is 32.2. The summed E-state index contributed by atoms with van der Waals surface area (Å²) in [6.07, 6.45) is 3.34. The molecule has 3 rings (SSSR count). The summed E-state index contributed by atoms with van der Waals surface area (Å²) in [5.74, 6) is -0.635. The number of aromatic nitrogens is 4. The maximum atomic E-state index is 12.7. The van der Waals surface area contributed by atoms with Crippen molar-refractivity contribution in [2.45, 2.75) is 31.5 Å². The van der Waals surface area contributed by atoms with Crippen molar-refractivity contribution in [1.82, 2.24) is 20.2 Å². The molecule has 0 aliphatic heterocycles. The summed E-state index contributed by atoms with van der Waals surface area (Å²) >= 11 is 0. The van der Waals surface area contributed by atoms with Crippen molar-refractivity contribution in [3.8, 4) is 0 Å². The van der Waals surface area contributed by atoms with Gasteiger partial charge in [-0.3, -0.25) is 9.78 Å². The number of hydrogen-bond donors (Lipinski definition) is 1. The lowest BCUT2D eigenvalue weighted by Gasteiger charge is -2.14. The van der Waals surface area contributed by atoms with Crippen molar-refractivity contribution in [3.63, 3.8) is 0 Å². The van der Waals surface area contributed by atoms with Gasteiger partial charge in [0.15, 0.2) is 15.6 Å². The number of anilines is 2. The normalized spacial score (nSPS) is 13.2. The molecule has 0 unspecified atom stereocenters. The second kappa shape index (κ2) is 8.44. The fraction of sp³-hybridized carbons (Fsp3) is 0.250. The van der Waals surface area contributed by atoms with Crippen molar-refractivity contribution >= 4 is 27.1 Å². The molecule has 3 heterocycles. The van der Waals surface area contributed by atoms with Crippen molar-refractivity contribution in [1.29, 1.82) is 0 Å². The highest BCUT2D eigenvalue weighted by Gasteiger charge is 2.18. The maximum absolute atomic E-state index is 12.7. The first kappa shape index (κ1) is 16.7. The van der Waals surface area contributed by atoms with E-state index in [1.807, 2.05) is 13.0 Å². The average Bonchev–Trinajstić information content (AvgIpc) is 2.68. The van der Waals surface area contributed by atoms with Gasteiger partial charge in [-0.05, 0) is 37.3 Å². The minimum absolute atomic E-state index is 0.0185. The molecule has 0 bridgehead atoms. The number of ketones is 1. The molecule has 150 valence electrons. The van der Waals surface area contributed by atoms with E-state index in [0.29, 0.717) is 17.8 Å². The predicted octanol–water partition coefficient (Wildman–Crippen LogP) is 2.91. The number of aryl methyl sites for hydroxylation is 1. The standard InChI is InChI=1S/C20H21N5O3S/c1-4-18(26)16-12-22-15(10-14-8-7-13(2)24-25-14)11-17(16)23-20-19(29(3,27)28)6-5-9-21-20/h5-9,11-12H,4,10H2,1-3H3,(H,21,22,23)/i1D3. The molecule has 0 spiro atoms. The van der Waals surface area contributed by atoms with Gasteiger partial charge in [0.2, 0.25) is 0 Å². The first-order chi connectivity index (χ1) is 14.9. The number of nitrogens with one attached hydrogen (secondary N) is 1. The molecule has 0 radical (unpaired) electrons. The lowest BCUT2D eigenvalue weighted by Crippen LogP contribution is -2.09. The average molecular weight is 415 g/mol. The van der Waals surface area contributed by atoms with Crippen molar-refractivity contribution in [3.05, 3.63) is 65.4 Å². The van der Waals surface area contributed by atoms with Crippen molar-refractivity contribution < 1.29 is 17.3 Å². The zero-order valence-electron chi connectivity index (χ0n) is 18.9. The largest absolute Gasteiger partial charge is 0.338 e. The highest BCUT2D eigenvalue weighted by Crippen LogP contribution is 2.26. The number of nitrogens with zero attached hydrogens (tertiary/aromatic N) is 4. The molecule has 0 aromatic carbocycles. The van der Waals surface area contributed by atoms with E-state index >= 15 is 0 Å². The Kier molecular flexibility index (Phi) is 4.87. The maximum Gasteiger partial charge on any atom is 0.179 e. The van der Waals surface area contributed by atoms with E-state index in [2.05, 4.69) is 25.5 Å². The molecule has 0 fully saturated rings. The first-order valence-corrected chi connectivity index (χ1v) is 10.5. The Balaban J connectivity index is 2.04. The third-order valence-corrected chi connectivity index (χ3v) is 5.19. The Hall–Kier alpha value is -3.20. The quantitative estimate of drug-likeness (QED) is 0.587. The van der Waals surface area contributed by atoms with Crippen LogP contribution in [0.4, 0.5) is 11.5 Å². The smallest absolute Gasteiger partial charge is 0.179 e. The molecule has 0 saturated carbocycles. The SMILES string of the molecule is [2H]C([2H])([2H])CC(=O)c1cnc(Cc2ccc(C)nn2)cc1Nc1ncccc1S(C)(=O)=O. The van der Waals surface area contributed by atoms with E-state index in [1.165, 1.54) is 24.5 Å². The van der Waals surface area contributed by atoms with Crippen molar-refractivity contribution in [2.75, 3.05) is 11.6 Å². The fourth-order valence-electron chi connectivity index (χ4n) is 2.63. The van der Waals surface area contributed by atoms with Crippen LogP contribution >= 0.6 is 0 Å². The lowest BCUT2D eigenvalue weighted by atomic mass is 10.1. The monoisotopic (exact) mass is 414 g/mol. The molecule has 0 saturated heterocycles. The van der Waals surface area contributed by atoms with Gasteiger partial charge in [0.05, 0.1) is 22.6 Å². The van der Waals surface area contributed by atoms with E-state index in [9.17, 15) is 13.2 Å². The van der Waals surface area contributed by atoms with Crippen LogP contribution in [0.5, 0.6) is 0 Å². The summed E-state index contributed by atoms with van der Waals surface area (Å²) in [4.78, 5) is 21.0. The third kappa shape index (κ3) is 5.00. The van der Waals surface area contributed by atoms with Crippen molar-refractivity contribution in [2.24, 2.45) is 0 Å². The van der Waals surface area contributed by atoms with Gasteiger partial charge in [-0.15, -0.1) is 0 Å². The zero-order chi connectivity index (χ0) is 23.5. The van der Waals surface area contributed by atoms with Gasteiger partial charge in [-0.1, -0.05) is 6.85 Å². The molecule has 1 N–H and O–H groups in total. The van der Waals surface area contributed by atoms with Crippen LogP contribution in [-0.2, 0) is 16.3 Å². The van der Waals surface area contributed by atoms with E-state index in [4.69, 9.17) is 4.11 Å². The van der Waals surface area contributed by atoms with Crippen LogP contribution in [-0.4, -0.2) is 40.6 Å². The molecule has 0 atom stereocenters. The Morgan fingerprint density at radius 3 is 2.69 bits per heavy atom. The van der Waals surface area contributed by atoms with Crippen LogP contribution in [0.1, 0.15) is 44.8 Å². The van der Waals surface area contributed by atoms with Crippen LogP contribution in [0.25, 0.3) is 0 Å². The molecule has 3 aromatic rings. The number of rotatable bonds is 7. The number of carbonyl (C=O) groups is 1. The van der Waals surface area contributed by atoms with Gasteiger partial charge >= 0.3 is 0 Å². The summed E-state index contributed by atoms with van der Waals surface area (Å²) in [5.41, 5.74) is 2.15. The Morgan fingerprint density at radius 2 is 2.00 bits per heavy atom. The van der Waals surface area contributed by atoms with E-state index < -0.39 is 28.9 Å². The Morgan fingerprint density at radius 1 is 1.17 bits per heavy atom. The lowest BCUT2D eigenvalue weighted by molar-refractivity contribution is 0.0988. The molecule has 0 amide bonds. The summed E-state index contributed by atoms with van der Waals surface area (Å²) in [5, 5.41) is 11.0. The van der Waals surface area contributed by atoms with E-state index in [-0.39, 0.29) is 22.0 Å². The van der Waals surface area contributed by atoms with Crippen LogP contribution in [0.3, 0.4) is 0 Å². The first-order valence-electron chi connectivity index (χ1n) is 10.2. The fourth-order valence-corrected chi connectivity index (χ4v) is 3.41. The van der Waals surface area contributed by atoms with Gasteiger partial charge in [0.1, 0.15) is 10.7 Å². The number of pyridine rings is 2. The molecule has 29 heavy (non-hydrogen) atoms. The van der Waals surface area contributed by atoms with Gasteiger partial charge in [-0.2, -0.15) is 10.2 Å². The Bertz CT molecular complexity index is 1250. The molecule has 3 aromatic heterocycles. The summed E-state index contributed by atoms with van der Waals surface area (Å²) in [6.45, 7) is -0.651. The van der Waals surface area contributed by atoms with E-state index in [0.717, 1.165) is 11.9 Å². The van der Waals surface area contributed by atoms with Crippen LogP contribution in [0.2, 0.25) is 0 Å². The van der Waals surface area contributed by atoms with Gasteiger partial charge < -0.3 is 5.32 Å². The molecular weight excluding hydrogens is 390 g/mol. The number of carbonyl (C=O) groups excluding carboxylic acids is 1. The minimum Gasteiger partial charge on any atom is -0.338 e. The zero-order valence-corrected chi connectivity index (χ0v) is 16.7. The van der Waals surface area contributed by atoms with Gasteiger partial charge in [0, 0.05) is 41.3 Å². The molecular formula is C20H21N5O3S. The second-order valence-corrected chi connectivity index (χ2v) is 8.40. The topological polar surface area (TPSA) is 115 Å². The summed E-state index contributed by atoms with van der Waals surface area (Å²) < 4.78 is 46.5. The highest BCUT2D eigenvalue weighted by molar-refractivity contribution is 7.90. The molecule has 0 aliphatic rings.